The van der Waals surface area contributed by atoms with Crippen molar-refractivity contribution in [3.63, 3.8) is 0 Å². The third-order valence-electron chi connectivity index (χ3n) is 2.12. The number of halogens is 2. The van der Waals surface area contributed by atoms with Gasteiger partial charge in [0.2, 0.25) is 5.13 Å². The highest BCUT2D eigenvalue weighted by atomic mass is 35.5. The van der Waals surface area contributed by atoms with Crippen LogP contribution in [0.25, 0.3) is 0 Å². The monoisotopic (exact) mass is 363 g/mol. The quantitative estimate of drug-likeness (QED) is 0.625. The molecule has 2 rings (SSSR count). The predicted molar refractivity (Wildman–Crippen MR) is 82.7 cm³/mol. The number of benzene rings is 1. The molecule has 0 fully saturated rings. The van der Waals surface area contributed by atoms with Crippen LogP contribution >= 0.6 is 46.3 Å². The SMILES string of the molecule is O=C(O)CSc1nnc(NC(=O)c2ccc(Cl)cc2Cl)s1. The summed E-state index contributed by atoms with van der Waals surface area (Å²) in [6.45, 7) is 0. The van der Waals surface area contributed by atoms with Crippen molar-refractivity contribution in [2.45, 2.75) is 4.34 Å². The Morgan fingerprint density at radius 1 is 1.33 bits per heavy atom. The molecular weight excluding hydrogens is 357 g/mol. The highest BCUT2D eigenvalue weighted by molar-refractivity contribution is 8.01. The van der Waals surface area contributed by atoms with E-state index in [9.17, 15) is 9.59 Å². The van der Waals surface area contributed by atoms with Crippen molar-refractivity contribution in [3.8, 4) is 0 Å². The molecule has 0 bridgehead atoms. The first-order valence-electron chi connectivity index (χ1n) is 5.40. The molecule has 1 aromatic heterocycles. The molecular formula is C11H7Cl2N3O3S2. The van der Waals surface area contributed by atoms with Gasteiger partial charge in [0.15, 0.2) is 4.34 Å². The number of carbonyl (C=O) groups excluding carboxylic acids is 1. The Kier molecular flexibility index (Phi) is 5.40. The maximum absolute atomic E-state index is 12.0. The standard InChI is InChI=1S/C11H7Cl2N3O3S2/c12-5-1-2-6(7(13)3-5)9(19)14-10-15-16-11(21-10)20-4-8(17)18/h1-3H,4H2,(H,17,18)(H,14,15,19). The molecule has 6 nitrogen and oxygen atoms in total. The van der Waals surface area contributed by atoms with Crippen LogP contribution in [0.1, 0.15) is 10.4 Å². The molecule has 0 unspecified atom stereocenters. The van der Waals surface area contributed by atoms with E-state index in [2.05, 4.69) is 15.5 Å². The molecule has 0 saturated heterocycles. The van der Waals surface area contributed by atoms with Crippen LogP contribution in [0.5, 0.6) is 0 Å². The van der Waals surface area contributed by atoms with E-state index in [1.54, 1.807) is 6.07 Å². The highest BCUT2D eigenvalue weighted by Crippen LogP contribution is 2.27. The van der Waals surface area contributed by atoms with Gasteiger partial charge in [-0.25, -0.2) is 0 Å². The zero-order valence-electron chi connectivity index (χ0n) is 10.2. The third kappa shape index (κ3) is 4.57. The maximum Gasteiger partial charge on any atom is 0.313 e. The van der Waals surface area contributed by atoms with Gasteiger partial charge >= 0.3 is 5.97 Å². The number of thioether (sulfide) groups is 1. The van der Waals surface area contributed by atoms with Gasteiger partial charge in [-0.3, -0.25) is 14.9 Å². The Morgan fingerprint density at radius 2 is 2.10 bits per heavy atom. The van der Waals surface area contributed by atoms with Gasteiger partial charge in [0, 0.05) is 5.02 Å². The predicted octanol–water partition coefficient (Wildman–Crippen LogP) is 3.27. The fraction of sp³-hybridized carbons (Fsp3) is 0.0909. The van der Waals surface area contributed by atoms with Gasteiger partial charge in [0.25, 0.3) is 5.91 Å². The topological polar surface area (TPSA) is 92.2 Å². The molecule has 1 aromatic carbocycles. The Hall–Kier alpha value is -1.35. The average Bonchev–Trinajstić information content (AvgIpc) is 2.83. The zero-order valence-corrected chi connectivity index (χ0v) is 13.3. The molecule has 0 aliphatic rings. The minimum atomic E-state index is -0.950. The molecule has 10 heteroatoms. The Labute approximate surface area is 137 Å². The lowest BCUT2D eigenvalue weighted by molar-refractivity contribution is -0.133. The van der Waals surface area contributed by atoms with Crippen molar-refractivity contribution in [3.05, 3.63) is 33.8 Å². The molecule has 0 atom stereocenters. The summed E-state index contributed by atoms with van der Waals surface area (Å²) in [5, 5.41) is 19.6. The minimum Gasteiger partial charge on any atom is -0.481 e. The molecule has 0 radical (unpaired) electrons. The van der Waals surface area contributed by atoms with Crippen molar-refractivity contribution in [1.82, 2.24) is 10.2 Å². The number of aromatic nitrogens is 2. The van der Waals surface area contributed by atoms with Crippen LogP contribution in [-0.2, 0) is 4.79 Å². The maximum atomic E-state index is 12.0. The van der Waals surface area contributed by atoms with E-state index in [1.165, 1.54) is 12.1 Å². The van der Waals surface area contributed by atoms with Crippen molar-refractivity contribution < 1.29 is 14.7 Å². The lowest BCUT2D eigenvalue weighted by Crippen LogP contribution is -2.12. The van der Waals surface area contributed by atoms with Crippen molar-refractivity contribution in [1.29, 1.82) is 0 Å². The van der Waals surface area contributed by atoms with Crippen LogP contribution in [-0.4, -0.2) is 32.9 Å². The summed E-state index contributed by atoms with van der Waals surface area (Å²) in [7, 11) is 0. The summed E-state index contributed by atoms with van der Waals surface area (Å²) >= 11 is 13.8. The number of carboxylic acid groups (broad SMARTS) is 1. The zero-order chi connectivity index (χ0) is 15.4. The first-order valence-corrected chi connectivity index (χ1v) is 7.96. The molecule has 0 saturated carbocycles. The number of nitrogens with one attached hydrogen (secondary N) is 1. The molecule has 1 heterocycles. The summed E-state index contributed by atoms with van der Waals surface area (Å²) in [6.07, 6.45) is 0. The van der Waals surface area contributed by atoms with E-state index in [1.807, 2.05) is 0 Å². The van der Waals surface area contributed by atoms with Crippen LogP contribution in [0.2, 0.25) is 10.0 Å². The van der Waals surface area contributed by atoms with Crippen molar-refractivity contribution in [2.75, 3.05) is 11.1 Å². The van der Waals surface area contributed by atoms with Crippen molar-refractivity contribution >= 4 is 63.3 Å². The number of anilines is 1. The fourth-order valence-electron chi connectivity index (χ4n) is 1.28. The number of aliphatic carboxylic acids is 1. The van der Waals surface area contributed by atoms with E-state index < -0.39 is 11.9 Å². The number of nitrogens with zero attached hydrogens (tertiary/aromatic N) is 2. The van der Waals surface area contributed by atoms with Crippen LogP contribution in [0.3, 0.4) is 0 Å². The smallest absolute Gasteiger partial charge is 0.313 e. The molecule has 2 N–H and O–H groups in total. The van der Waals surface area contributed by atoms with Gasteiger partial charge in [0.05, 0.1) is 16.3 Å². The molecule has 110 valence electrons. The minimum absolute atomic E-state index is 0.119. The Morgan fingerprint density at radius 3 is 2.76 bits per heavy atom. The van der Waals surface area contributed by atoms with Crippen LogP contribution in [0.15, 0.2) is 22.5 Å². The second-order valence-electron chi connectivity index (χ2n) is 3.63. The first-order chi connectivity index (χ1) is 9.95. The second-order valence-corrected chi connectivity index (χ2v) is 6.68. The Balaban J connectivity index is 2.04. The summed E-state index contributed by atoms with van der Waals surface area (Å²) in [5.74, 6) is -1.51. The lowest BCUT2D eigenvalue weighted by Gasteiger charge is -2.03. The molecule has 0 aliphatic heterocycles. The fourth-order valence-corrected chi connectivity index (χ4v) is 3.24. The van der Waals surface area contributed by atoms with Crippen molar-refractivity contribution in [2.24, 2.45) is 0 Å². The van der Waals surface area contributed by atoms with Gasteiger partial charge in [0.1, 0.15) is 0 Å². The summed E-state index contributed by atoms with van der Waals surface area (Å²) in [5.41, 5.74) is 0.260. The normalized spacial score (nSPS) is 10.4. The third-order valence-corrected chi connectivity index (χ3v) is 4.63. The van der Waals surface area contributed by atoms with Gasteiger partial charge < -0.3 is 5.11 Å². The van der Waals surface area contributed by atoms with Crippen LogP contribution < -0.4 is 5.32 Å². The van der Waals surface area contributed by atoms with Gasteiger partial charge in [-0.2, -0.15) is 0 Å². The summed E-state index contributed by atoms with van der Waals surface area (Å²) in [4.78, 5) is 22.5. The number of rotatable bonds is 5. The van der Waals surface area contributed by atoms with E-state index in [0.717, 1.165) is 23.1 Å². The van der Waals surface area contributed by atoms with Crippen LogP contribution in [0.4, 0.5) is 5.13 Å². The molecule has 2 aromatic rings. The van der Waals surface area contributed by atoms with E-state index in [0.29, 0.717) is 9.36 Å². The number of hydrogen-bond donors (Lipinski definition) is 2. The summed E-state index contributed by atoms with van der Waals surface area (Å²) in [6, 6.07) is 4.52. The molecule has 1 amide bonds. The van der Waals surface area contributed by atoms with Gasteiger partial charge in [-0.15, -0.1) is 10.2 Å². The summed E-state index contributed by atoms with van der Waals surface area (Å²) < 4.78 is 0.454. The number of carboxylic acids is 1. The van der Waals surface area contributed by atoms with E-state index in [-0.39, 0.29) is 21.5 Å². The lowest BCUT2D eigenvalue weighted by atomic mass is 10.2. The van der Waals surface area contributed by atoms with E-state index >= 15 is 0 Å². The number of amides is 1. The first kappa shape index (κ1) is 16.0. The Bertz CT molecular complexity index is 693. The molecule has 21 heavy (non-hydrogen) atoms. The second kappa shape index (κ2) is 7.08. The van der Waals surface area contributed by atoms with E-state index in [4.69, 9.17) is 28.3 Å². The highest BCUT2D eigenvalue weighted by Gasteiger charge is 2.14. The van der Waals surface area contributed by atoms with Gasteiger partial charge in [-0.1, -0.05) is 46.3 Å². The number of hydrogen-bond acceptors (Lipinski definition) is 6. The molecule has 0 aliphatic carbocycles. The van der Waals surface area contributed by atoms with Crippen LogP contribution in [0, 0.1) is 0 Å². The largest absolute Gasteiger partial charge is 0.481 e. The average molecular weight is 364 g/mol. The molecule has 0 spiro atoms. The van der Waals surface area contributed by atoms with Gasteiger partial charge in [-0.05, 0) is 18.2 Å². The number of carbonyl (C=O) groups is 2.